The molecule has 0 aromatic carbocycles. The maximum Gasteiger partial charge on any atom is 0.262 e. The molecule has 1 heterocycles. The van der Waals surface area contributed by atoms with Gasteiger partial charge in [0.15, 0.2) is 0 Å². The van der Waals surface area contributed by atoms with Crippen molar-refractivity contribution in [3.63, 3.8) is 0 Å². The quantitative estimate of drug-likeness (QED) is 0.889. The van der Waals surface area contributed by atoms with Crippen LogP contribution in [-0.4, -0.2) is 23.9 Å². The van der Waals surface area contributed by atoms with E-state index in [1.54, 1.807) is 13.0 Å². The van der Waals surface area contributed by atoms with Crippen LogP contribution in [0.2, 0.25) is 0 Å². The predicted octanol–water partition coefficient (Wildman–Crippen LogP) is 2.46. The van der Waals surface area contributed by atoms with Gasteiger partial charge >= 0.3 is 0 Å². The number of carbonyl (C=O) groups is 2. The molecule has 0 bridgehead atoms. The van der Waals surface area contributed by atoms with Crippen LogP contribution in [0.1, 0.15) is 36.0 Å². The summed E-state index contributed by atoms with van der Waals surface area (Å²) in [7, 11) is 0. The van der Waals surface area contributed by atoms with Gasteiger partial charge in [0, 0.05) is 6.04 Å². The molecule has 1 aromatic heterocycles. The largest absolute Gasteiger partial charge is 0.352 e. The van der Waals surface area contributed by atoms with Gasteiger partial charge in [0.2, 0.25) is 5.91 Å². The summed E-state index contributed by atoms with van der Waals surface area (Å²) in [4.78, 5) is 24.2. The van der Waals surface area contributed by atoms with Gasteiger partial charge in [-0.15, -0.1) is 11.3 Å². The van der Waals surface area contributed by atoms with E-state index in [1.165, 1.54) is 11.3 Å². The second kappa shape index (κ2) is 6.33. The summed E-state index contributed by atoms with van der Waals surface area (Å²) in [5, 5.41) is 5.44. The zero-order valence-electron chi connectivity index (χ0n) is 10.8. The summed E-state index contributed by atoms with van der Waals surface area (Å²) >= 11 is 4.73. The first-order valence-electron chi connectivity index (χ1n) is 5.68. The van der Waals surface area contributed by atoms with Crippen LogP contribution < -0.4 is 10.6 Å². The molecule has 0 saturated carbocycles. The van der Waals surface area contributed by atoms with Gasteiger partial charge in [-0.2, -0.15) is 0 Å². The second-order valence-electron chi connectivity index (χ2n) is 4.43. The summed E-state index contributed by atoms with van der Waals surface area (Å²) in [6.07, 6.45) is 0. The summed E-state index contributed by atoms with van der Waals surface area (Å²) in [6.45, 7) is 7.36. The third-order valence-electron chi connectivity index (χ3n) is 2.25. The Hall–Kier alpha value is -0.880. The van der Waals surface area contributed by atoms with Crippen LogP contribution in [0.4, 0.5) is 0 Å². The molecule has 0 fully saturated rings. The van der Waals surface area contributed by atoms with E-state index < -0.39 is 6.04 Å². The maximum absolute atomic E-state index is 11.9. The second-order valence-corrected chi connectivity index (χ2v) is 6.80. The average Bonchev–Trinajstić information content (AvgIpc) is 2.58. The van der Waals surface area contributed by atoms with Gasteiger partial charge in [-0.3, -0.25) is 9.59 Å². The van der Waals surface area contributed by atoms with Crippen molar-refractivity contribution in [1.82, 2.24) is 10.6 Å². The van der Waals surface area contributed by atoms with E-state index in [1.807, 2.05) is 20.8 Å². The lowest BCUT2D eigenvalue weighted by molar-refractivity contribution is -0.123. The zero-order valence-corrected chi connectivity index (χ0v) is 13.2. The molecule has 0 spiro atoms. The van der Waals surface area contributed by atoms with Crippen molar-refractivity contribution in [1.29, 1.82) is 0 Å². The Balaban J connectivity index is 2.62. The number of nitrogens with one attached hydrogen (secondary N) is 2. The van der Waals surface area contributed by atoms with Crippen LogP contribution in [0.3, 0.4) is 0 Å². The first-order valence-corrected chi connectivity index (χ1v) is 7.29. The van der Waals surface area contributed by atoms with Gasteiger partial charge < -0.3 is 10.6 Å². The lowest BCUT2D eigenvalue weighted by Crippen LogP contribution is -2.46. The molecule has 0 aliphatic rings. The van der Waals surface area contributed by atoms with E-state index in [0.29, 0.717) is 4.88 Å². The Morgan fingerprint density at radius 2 is 1.89 bits per heavy atom. The SMILES string of the molecule is Cc1cc(C(=O)NC(C)C(=O)NC(C)C)sc1Br. The lowest BCUT2D eigenvalue weighted by atomic mass is 10.2. The molecule has 1 aromatic rings. The van der Waals surface area contributed by atoms with Crippen LogP contribution in [0.15, 0.2) is 9.85 Å². The molecule has 0 aliphatic carbocycles. The molecule has 0 radical (unpaired) electrons. The van der Waals surface area contributed by atoms with Gasteiger partial charge in [0.25, 0.3) is 5.91 Å². The number of hydrogen-bond donors (Lipinski definition) is 2. The number of rotatable bonds is 4. The van der Waals surface area contributed by atoms with Crippen molar-refractivity contribution < 1.29 is 9.59 Å². The Morgan fingerprint density at radius 1 is 1.28 bits per heavy atom. The number of thiophene rings is 1. The standard InChI is InChI=1S/C12H17BrN2O2S/c1-6(2)14-11(16)8(4)15-12(17)9-5-7(3)10(13)18-9/h5-6,8H,1-4H3,(H,14,16)(H,15,17). The highest BCUT2D eigenvalue weighted by Gasteiger charge is 2.18. The molecule has 18 heavy (non-hydrogen) atoms. The van der Waals surface area contributed by atoms with Crippen LogP contribution >= 0.6 is 27.3 Å². The topological polar surface area (TPSA) is 58.2 Å². The number of amides is 2. The van der Waals surface area contributed by atoms with Crippen molar-refractivity contribution in [3.05, 3.63) is 20.3 Å². The highest BCUT2D eigenvalue weighted by Crippen LogP contribution is 2.27. The number of aryl methyl sites for hydroxylation is 1. The Kier molecular flexibility index (Phi) is 5.34. The Morgan fingerprint density at radius 3 is 2.33 bits per heavy atom. The highest BCUT2D eigenvalue weighted by atomic mass is 79.9. The minimum atomic E-state index is -0.541. The average molecular weight is 333 g/mol. The first kappa shape index (κ1) is 15.2. The maximum atomic E-state index is 11.9. The molecular weight excluding hydrogens is 316 g/mol. The summed E-state index contributed by atoms with van der Waals surface area (Å²) in [5.74, 6) is -0.397. The predicted molar refractivity (Wildman–Crippen MR) is 77.0 cm³/mol. The normalized spacial score (nSPS) is 12.3. The minimum absolute atomic E-state index is 0.0648. The van der Waals surface area contributed by atoms with E-state index in [-0.39, 0.29) is 17.9 Å². The fourth-order valence-electron chi connectivity index (χ4n) is 1.31. The van der Waals surface area contributed by atoms with Crippen molar-refractivity contribution in [3.8, 4) is 0 Å². The smallest absolute Gasteiger partial charge is 0.262 e. The zero-order chi connectivity index (χ0) is 13.9. The van der Waals surface area contributed by atoms with Crippen LogP contribution in [0.5, 0.6) is 0 Å². The molecule has 1 rings (SSSR count). The van der Waals surface area contributed by atoms with Crippen LogP contribution in [0, 0.1) is 6.92 Å². The van der Waals surface area contributed by atoms with Crippen molar-refractivity contribution in [2.45, 2.75) is 39.8 Å². The molecule has 1 atom stereocenters. The summed E-state index contributed by atoms with van der Waals surface area (Å²) in [6, 6.07) is 1.33. The fourth-order valence-corrected chi connectivity index (χ4v) is 2.75. The van der Waals surface area contributed by atoms with Gasteiger partial charge in [0.1, 0.15) is 6.04 Å². The number of halogens is 1. The van der Waals surface area contributed by atoms with Gasteiger partial charge in [-0.05, 0) is 55.3 Å². The van der Waals surface area contributed by atoms with Gasteiger partial charge in [-0.25, -0.2) is 0 Å². The molecule has 1 unspecified atom stereocenters. The fraction of sp³-hybridized carbons (Fsp3) is 0.500. The van der Waals surface area contributed by atoms with Crippen molar-refractivity contribution in [2.24, 2.45) is 0 Å². The summed E-state index contributed by atoms with van der Waals surface area (Å²) < 4.78 is 0.937. The molecule has 0 saturated heterocycles. The third kappa shape index (κ3) is 4.10. The van der Waals surface area contributed by atoms with E-state index in [2.05, 4.69) is 26.6 Å². The van der Waals surface area contributed by atoms with E-state index in [0.717, 1.165) is 9.35 Å². The third-order valence-corrected chi connectivity index (χ3v) is 4.39. The van der Waals surface area contributed by atoms with Gasteiger partial charge in [0.05, 0.1) is 8.66 Å². The van der Waals surface area contributed by atoms with E-state index >= 15 is 0 Å². The molecule has 4 nitrogen and oxygen atoms in total. The monoisotopic (exact) mass is 332 g/mol. The first-order chi connectivity index (χ1) is 8.31. The highest BCUT2D eigenvalue weighted by molar-refractivity contribution is 9.11. The van der Waals surface area contributed by atoms with Crippen LogP contribution in [-0.2, 0) is 4.79 Å². The molecule has 0 aliphatic heterocycles. The van der Waals surface area contributed by atoms with Crippen molar-refractivity contribution >= 4 is 39.1 Å². The van der Waals surface area contributed by atoms with E-state index in [9.17, 15) is 9.59 Å². The Bertz CT molecular complexity index is 437. The number of carbonyl (C=O) groups excluding carboxylic acids is 2. The Labute approximate surface area is 119 Å². The molecule has 6 heteroatoms. The number of hydrogen-bond acceptors (Lipinski definition) is 3. The minimum Gasteiger partial charge on any atom is -0.352 e. The molecular formula is C12H17BrN2O2S. The molecule has 100 valence electrons. The van der Waals surface area contributed by atoms with Crippen LogP contribution in [0.25, 0.3) is 0 Å². The molecule has 2 N–H and O–H groups in total. The van der Waals surface area contributed by atoms with Gasteiger partial charge in [-0.1, -0.05) is 0 Å². The lowest BCUT2D eigenvalue weighted by Gasteiger charge is -2.15. The summed E-state index contributed by atoms with van der Waals surface area (Å²) in [5.41, 5.74) is 1.02. The molecule has 2 amide bonds. The van der Waals surface area contributed by atoms with E-state index in [4.69, 9.17) is 0 Å². The van der Waals surface area contributed by atoms with Crippen molar-refractivity contribution in [2.75, 3.05) is 0 Å².